The highest BCUT2D eigenvalue weighted by molar-refractivity contribution is 5.46. The van der Waals surface area contributed by atoms with Gasteiger partial charge in [0.25, 0.3) is 0 Å². The van der Waals surface area contributed by atoms with Crippen LogP contribution in [0.15, 0.2) is 48.9 Å². The summed E-state index contributed by atoms with van der Waals surface area (Å²) in [5.74, 6) is 1.98. The number of aromatic nitrogens is 4. The Morgan fingerprint density at radius 2 is 1.93 bits per heavy atom. The normalized spacial score (nSPS) is 15.1. The summed E-state index contributed by atoms with van der Waals surface area (Å²) >= 11 is 0. The predicted octanol–water partition coefficient (Wildman–Crippen LogP) is 3.29. The van der Waals surface area contributed by atoms with Gasteiger partial charge in [0.2, 0.25) is 0 Å². The molecule has 4 rings (SSSR count). The van der Waals surface area contributed by atoms with Gasteiger partial charge in [0.15, 0.2) is 0 Å². The van der Waals surface area contributed by atoms with Crippen LogP contribution >= 0.6 is 0 Å². The summed E-state index contributed by atoms with van der Waals surface area (Å²) in [6.07, 6.45) is 8.99. The standard InChI is InChI=1S/C22H28N6/c1-3-19-16-23-17(2)26-22(19)27-13-9-20(10-14-27)24-15-18-5-7-21(8-6-18)28-12-4-11-25-28/h4-8,11-12,16,20,24H,3,9-10,13-15H2,1-2H3. The third kappa shape index (κ3) is 4.22. The molecule has 1 saturated heterocycles. The fraction of sp³-hybridized carbons (Fsp3) is 0.409. The molecule has 1 aliphatic heterocycles. The average molecular weight is 377 g/mol. The first kappa shape index (κ1) is 18.6. The Kier molecular flexibility index (Phi) is 5.67. The molecule has 3 aromatic rings. The number of nitrogens with zero attached hydrogens (tertiary/aromatic N) is 5. The molecule has 1 aliphatic rings. The summed E-state index contributed by atoms with van der Waals surface area (Å²) in [4.78, 5) is 11.5. The zero-order valence-corrected chi connectivity index (χ0v) is 16.7. The van der Waals surface area contributed by atoms with Crippen molar-refractivity contribution in [3.05, 3.63) is 65.9 Å². The van der Waals surface area contributed by atoms with E-state index in [1.165, 1.54) is 11.1 Å². The Labute approximate surface area is 166 Å². The van der Waals surface area contributed by atoms with E-state index in [9.17, 15) is 0 Å². The van der Waals surface area contributed by atoms with Crippen molar-refractivity contribution in [1.82, 2.24) is 25.1 Å². The first-order valence-electron chi connectivity index (χ1n) is 10.1. The van der Waals surface area contributed by atoms with E-state index < -0.39 is 0 Å². The first-order chi connectivity index (χ1) is 13.7. The monoisotopic (exact) mass is 376 g/mol. The third-order valence-corrected chi connectivity index (χ3v) is 5.44. The molecular formula is C22H28N6. The van der Waals surface area contributed by atoms with Crippen molar-refractivity contribution in [2.75, 3.05) is 18.0 Å². The number of rotatable bonds is 6. The summed E-state index contributed by atoms with van der Waals surface area (Å²) < 4.78 is 1.88. The van der Waals surface area contributed by atoms with Crippen LogP contribution in [0.3, 0.4) is 0 Å². The van der Waals surface area contributed by atoms with Gasteiger partial charge < -0.3 is 10.2 Å². The van der Waals surface area contributed by atoms with Crippen LogP contribution in [0, 0.1) is 6.92 Å². The SMILES string of the molecule is CCc1cnc(C)nc1N1CCC(NCc2ccc(-n3cccn3)cc2)CC1. The van der Waals surface area contributed by atoms with E-state index in [0.29, 0.717) is 6.04 Å². The highest BCUT2D eigenvalue weighted by atomic mass is 15.3. The number of hydrogen-bond acceptors (Lipinski definition) is 5. The Hall–Kier alpha value is -2.73. The van der Waals surface area contributed by atoms with Crippen molar-refractivity contribution in [2.45, 2.75) is 45.7 Å². The summed E-state index contributed by atoms with van der Waals surface area (Å²) in [5, 5.41) is 7.99. The third-order valence-electron chi connectivity index (χ3n) is 5.44. The van der Waals surface area contributed by atoms with Crippen LogP contribution in [-0.2, 0) is 13.0 Å². The van der Waals surface area contributed by atoms with Crippen molar-refractivity contribution in [2.24, 2.45) is 0 Å². The van der Waals surface area contributed by atoms with Gasteiger partial charge in [0.05, 0.1) is 5.69 Å². The van der Waals surface area contributed by atoms with Gasteiger partial charge in [-0.1, -0.05) is 19.1 Å². The molecule has 2 aromatic heterocycles. The maximum absolute atomic E-state index is 4.70. The average Bonchev–Trinajstić information content (AvgIpc) is 3.28. The molecule has 0 bridgehead atoms. The maximum atomic E-state index is 4.70. The molecule has 1 aromatic carbocycles. The molecular weight excluding hydrogens is 348 g/mol. The first-order valence-corrected chi connectivity index (χ1v) is 10.1. The number of aryl methyl sites for hydroxylation is 2. The van der Waals surface area contributed by atoms with Gasteiger partial charge in [-0.15, -0.1) is 0 Å². The van der Waals surface area contributed by atoms with Crippen LogP contribution in [0.1, 0.15) is 36.7 Å². The van der Waals surface area contributed by atoms with Gasteiger partial charge in [-0.2, -0.15) is 5.10 Å². The number of benzene rings is 1. The summed E-state index contributed by atoms with van der Waals surface area (Å²) in [7, 11) is 0. The minimum atomic E-state index is 0.551. The molecule has 1 N–H and O–H groups in total. The lowest BCUT2D eigenvalue weighted by molar-refractivity contribution is 0.412. The van der Waals surface area contributed by atoms with Gasteiger partial charge in [-0.25, -0.2) is 14.6 Å². The Morgan fingerprint density at radius 3 is 2.61 bits per heavy atom. The second-order valence-corrected chi connectivity index (χ2v) is 7.38. The van der Waals surface area contributed by atoms with Crippen LogP contribution in [0.4, 0.5) is 5.82 Å². The summed E-state index contributed by atoms with van der Waals surface area (Å²) in [5.41, 5.74) is 3.64. The number of anilines is 1. The minimum Gasteiger partial charge on any atom is -0.356 e. The fourth-order valence-corrected chi connectivity index (χ4v) is 3.75. The van der Waals surface area contributed by atoms with Gasteiger partial charge in [-0.05, 0) is 49.9 Å². The largest absolute Gasteiger partial charge is 0.356 e. The quantitative estimate of drug-likeness (QED) is 0.715. The van der Waals surface area contributed by atoms with E-state index in [-0.39, 0.29) is 0 Å². The Balaban J connectivity index is 1.30. The molecule has 146 valence electrons. The molecule has 1 fully saturated rings. The van der Waals surface area contributed by atoms with Crippen LogP contribution in [-0.4, -0.2) is 38.9 Å². The minimum absolute atomic E-state index is 0.551. The number of piperidine rings is 1. The van der Waals surface area contributed by atoms with E-state index in [2.05, 4.69) is 51.5 Å². The van der Waals surface area contributed by atoms with Crippen LogP contribution in [0.25, 0.3) is 5.69 Å². The van der Waals surface area contributed by atoms with Crippen molar-refractivity contribution in [3.8, 4) is 5.69 Å². The van der Waals surface area contributed by atoms with Crippen molar-refractivity contribution < 1.29 is 0 Å². The maximum Gasteiger partial charge on any atom is 0.135 e. The molecule has 3 heterocycles. The fourth-order valence-electron chi connectivity index (χ4n) is 3.75. The summed E-state index contributed by atoms with van der Waals surface area (Å²) in [6, 6.07) is 11.1. The van der Waals surface area contributed by atoms with E-state index in [1.807, 2.05) is 30.1 Å². The molecule has 0 amide bonds. The second-order valence-electron chi connectivity index (χ2n) is 7.38. The van der Waals surface area contributed by atoms with Gasteiger partial charge in [-0.3, -0.25) is 0 Å². The topological polar surface area (TPSA) is 58.9 Å². The lowest BCUT2D eigenvalue weighted by atomic mass is 10.0. The van der Waals surface area contributed by atoms with E-state index in [4.69, 9.17) is 4.98 Å². The summed E-state index contributed by atoms with van der Waals surface area (Å²) in [6.45, 7) is 7.12. The molecule has 0 aliphatic carbocycles. The molecule has 0 saturated carbocycles. The molecule has 0 unspecified atom stereocenters. The molecule has 28 heavy (non-hydrogen) atoms. The lowest BCUT2D eigenvalue weighted by Crippen LogP contribution is -2.43. The molecule has 0 spiro atoms. The van der Waals surface area contributed by atoms with Crippen LogP contribution < -0.4 is 10.2 Å². The van der Waals surface area contributed by atoms with E-state index >= 15 is 0 Å². The van der Waals surface area contributed by atoms with Crippen molar-refractivity contribution in [1.29, 1.82) is 0 Å². The molecule has 0 atom stereocenters. The van der Waals surface area contributed by atoms with Crippen molar-refractivity contribution in [3.63, 3.8) is 0 Å². The Morgan fingerprint density at radius 1 is 1.14 bits per heavy atom. The zero-order chi connectivity index (χ0) is 19.3. The number of hydrogen-bond donors (Lipinski definition) is 1. The van der Waals surface area contributed by atoms with Crippen LogP contribution in [0.2, 0.25) is 0 Å². The van der Waals surface area contributed by atoms with E-state index in [1.54, 1.807) is 6.20 Å². The Bertz CT molecular complexity index is 880. The molecule has 6 heteroatoms. The highest BCUT2D eigenvalue weighted by Crippen LogP contribution is 2.22. The predicted molar refractivity (Wildman–Crippen MR) is 112 cm³/mol. The molecule has 6 nitrogen and oxygen atoms in total. The van der Waals surface area contributed by atoms with Crippen molar-refractivity contribution >= 4 is 5.82 Å². The van der Waals surface area contributed by atoms with E-state index in [0.717, 1.165) is 56.2 Å². The highest BCUT2D eigenvalue weighted by Gasteiger charge is 2.21. The smallest absolute Gasteiger partial charge is 0.135 e. The molecule has 0 radical (unpaired) electrons. The van der Waals surface area contributed by atoms with Crippen LogP contribution in [0.5, 0.6) is 0 Å². The zero-order valence-electron chi connectivity index (χ0n) is 16.7. The lowest BCUT2D eigenvalue weighted by Gasteiger charge is -2.34. The number of nitrogens with one attached hydrogen (secondary N) is 1. The second kappa shape index (κ2) is 8.52. The van der Waals surface area contributed by atoms with Gasteiger partial charge in [0.1, 0.15) is 11.6 Å². The van der Waals surface area contributed by atoms with Gasteiger partial charge >= 0.3 is 0 Å². The van der Waals surface area contributed by atoms with Gasteiger partial charge in [0, 0.05) is 49.8 Å².